The van der Waals surface area contributed by atoms with Gasteiger partial charge < -0.3 is 15.5 Å². The van der Waals surface area contributed by atoms with Gasteiger partial charge in [-0.1, -0.05) is 0 Å². The molecule has 0 spiro atoms. The molecule has 2 N–H and O–H groups in total. The molecule has 0 atom stereocenters. The quantitative estimate of drug-likeness (QED) is 0.577. The summed E-state index contributed by atoms with van der Waals surface area (Å²) < 4.78 is 0. The molecule has 0 unspecified atom stereocenters. The van der Waals surface area contributed by atoms with E-state index in [0.29, 0.717) is 11.4 Å². The van der Waals surface area contributed by atoms with Crippen molar-refractivity contribution in [3.63, 3.8) is 0 Å². The Kier molecular flexibility index (Phi) is 6.05. The first kappa shape index (κ1) is 16.9. The summed E-state index contributed by atoms with van der Waals surface area (Å²) in [6.45, 7) is 3.45. The molecule has 0 bridgehead atoms. The van der Waals surface area contributed by atoms with Crippen LogP contribution < -0.4 is 10.6 Å². The molecule has 2 aromatic rings. The largest absolute Gasteiger partial charge is 0.370 e. The Hall–Kier alpha value is -2.47. The van der Waals surface area contributed by atoms with Crippen LogP contribution >= 0.6 is 0 Å². The van der Waals surface area contributed by atoms with Gasteiger partial charge in [-0.05, 0) is 58.3 Å². The average molecular weight is 313 g/mol. The van der Waals surface area contributed by atoms with Crippen LogP contribution in [0.2, 0.25) is 0 Å². The number of rotatable bonds is 8. The Balaban J connectivity index is 1.92. The Morgan fingerprint density at radius 3 is 2.48 bits per heavy atom. The fourth-order valence-electron chi connectivity index (χ4n) is 2.07. The maximum atomic E-state index is 11.3. The van der Waals surface area contributed by atoms with E-state index < -0.39 is 0 Å². The molecule has 0 aliphatic carbocycles. The van der Waals surface area contributed by atoms with E-state index in [9.17, 15) is 4.79 Å². The van der Waals surface area contributed by atoms with E-state index >= 15 is 0 Å². The van der Waals surface area contributed by atoms with Gasteiger partial charge in [0, 0.05) is 23.9 Å². The highest BCUT2D eigenvalue weighted by Gasteiger charge is 2.02. The highest BCUT2D eigenvalue weighted by atomic mass is 16.1. The minimum absolute atomic E-state index is 0.0581. The minimum Gasteiger partial charge on any atom is -0.370 e. The molecule has 2 rings (SSSR count). The van der Waals surface area contributed by atoms with Crippen molar-refractivity contribution in [2.75, 3.05) is 37.8 Å². The molecule has 122 valence electrons. The molecule has 0 saturated heterocycles. The van der Waals surface area contributed by atoms with Gasteiger partial charge in [-0.3, -0.25) is 4.79 Å². The molecule has 0 aliphatic rings. The molecule has 0 aliphatic heterocycles. The topological polar surface area (TPSA) is 70.2 Å². The fraction of sp³-hybridized carbons (Fsp3) is 0.353. The van der Waals surface area contributed by atoms with Crippen molar-refractivity contribution in [3.05, 3.63) is 42.2 Å². The number of hydrogen-bond donors (Lipinski definition) is 2. The van der Waals surface area contributed by atoms with Crippen LogP contribution in [0.4, 0.5) is 17.3 Å². The lowest BCUT2D eigenvalue weighted by Crippen LogP contribution is -2.16. The summed E-state index contributed by atoms with van der Waals surface area (Å²) in [7, 11) is 4.12. The van der Waals surface area contributed by atoms with Crippen LogP contribution in [0.15, 0.2) is 36.7 Å². The predicted octanol–water partition coefficient (Wildman–Crippen LogP) is 2.79. The maximum Gasteiger partial charge on any atom is 0.159 e. The first-order valence-electron chi connectivity index (χ1n) is 7.63. The summed E-state index contributed by atoms with van der Waals surface area (Å²) in [6.07, 6.45) is 2.58. The molecule has 23 heavy (non-hydrogen) atoms. The number of nitrogens with zero attached hydrogens (tertiary/aromatic N) is 3. The van der Waals surface area contributed by atoms with E-state index in [2.05, 4.69) is 39.6 Å². The van der Waals surface area contributed by atoms with Crippen LogP contribution in [0.5, 0.6) is 0 Å². The van der Waals surface area contributed by atoms with Crippen molar-refractivity contribution in [2.45, 2.75) is 13.3 Å². The third kappa shape index (κ3) is 5.67. The van der Waals surface area contributed by atoms with Gasteiger partial charge in [0.05, 0.1) is 0 Å². The molecule has 1 aromatic heterocycles. The van der Waals surface area contributed by atoms with Gasteiger partial charge in [0.15, 0.2) is 5.78 Å². The SMILES string of the molecule is CC(=O)c1ccc(Nc2cc(NCCCN(C)C)ncn2)cc1. The van der Waals surface area contributed by atoms with Crippen LogP contribution in [0.3, 0.4) is 0 Å². The number of anilines is 3. The first-order valence-corrected chi connectivity index (χ1v) is 7.63. The summed E-state index contributed by atoms with van der Waals surface area (Å²) in [4.78, 5) is 21.9. The molecule has 1 heterocycles. The fourth-order valence-corrected chi connectivity index (χ4v) is 2.07. The van der Waals surface area contributed by atoms with Crippen molar-refractivity contribution >= 4 is 23.1 Å². The van der Waals surface area contributed by atoms with E-state index in [1.54, 1.807) is 19.1 Å². The molecule has 0 amide bonds. The molecule has 1 aromatic carbocycles. The Morgan fingerprint density at radius 2 is 1.83 bits per heavy atom. The van der Waals surface area contributed by atoms with Crippen molar-refractivity contribution in [3.8, 4) is 0 Å². The van der Waals surface area contributed by atoms with Crippen LogP contribution in [-0.4, -0.2) is 47.8 Å². The average Bonchev–Trinajstić information content (AvgIpc) is 2.52. The van der Waals surface area contributed by atoms with E-state index in [-0.39, 0.29) is 5.78 Å². The van der Waals surface area contributed by atoms with Crippen LogP contribution in [0, 0.1) is 0 Å². The van der Waals surface area contributed by atoms with Gasteiger partial charge in [-0.2, -0.15) is 0 Å². The van der Waals surface area contributed by atoms with E-state index in [0.717, 1.165) is 31.0 Å². The lowest BCUT2D eigenvalue weighted by molar-refractivity contribution is 0.101. The zero-order valence-corrected chi connectivity index (χ0v) is 13.8. The molecule has 0 radical (unpaired) electrons. The zero-order valence-electron chi connectivity index (χ0n) is 13.8. The number of carbonyl (C=O) groups excluding carboxylic acids is 1. The van der Waals surface area contributed by atoms with Crippen molar-refractivity contribution in [2.24, 2.45) is 0 Å². The number of nitrogens with one attached hydrogen (secondary N) is 2. The number of Topliss-reactive ketones (excluding diaryl/α,β-unsaturated/α-hetero) is 1. The minimum atomic E-state index is 0.0581. The second-order valence-electron chi connectivity index (χ2n) is 5.63. The summed E-state index contributed by atoms with van der Waals surface area (Å²) in [5, 5.41) is 6.50. The molecular formula is C17H23N5O. The standard InChI is InChI=1S/C17H23N5O/c1-13(23)14-5-7-15(8-6-14)21-17-11-16(19-12-20-17)18-9-4-10-22(2)3/h5-8,11-12H,4,9-10H2,1-3H3,(H2,18,19,20,21). The summed E-state index contributed by atoms with van der Waals surface area (Å²) in [5.74, 6) is 1.56. The molecular weight excluding hydrogens is 290 g/mol. The van der Waals surface area contributed by atoms with E-state index in [1.807, 2.05) is 18.2 Å². The molecule has 0 fully saturated rings. The van der Waals surface area contributed by atoms with E-state index in [4.69, 9.17) is 0 Å². The summed E-state index contributed by atoms with van der Waals surface area (Å²) in [5.41, 5.74) is 1.58. The van der Waals surface area contributed by atoms with Crippen LogP contribution in [0.25, 0.3) is 0 Å². The zero-order chi connectivity index (χ0) is 16.7. The third-order valence-corrected chi connectivity index (χ3v) is 3.32. The normalized spacial score (nSPS) is 10.6. The van der Waals surface area contributed by atoms with Gasteiger partial charge in [0.25, 0.3) is 0 Å². The Bertz CT molecular complexity index is 640. The highest BCUT2D eigenvalue weighted by molar-refractivity contribution is 5.94. The second-order valence-corrected chi connectivity index (χ2v) is 5.63. The lowest BCUT2D eigenvalue weighted by Gasteiger charge is -2.11. The number of hydrogen-bond acceptors (Lipinski definition) is 6. The summed E-state index contributed by atoms with van der Waals surface area (Å²) >= 11 is 0. The molecule has 6 nitrogen and oxygen atoms in total. The van der Waals surface area contributed by atoms with Crippen molar-refractivity contribution < 1.29 is 4.79 Å². The predicted molar refractivity (Wildman–Crippen MR) is 93.4 cm³/mol. The molecule has 0 saturated carbocycles. The van der Waals surface area contributed by atoms with Gasteiger partial charge in [0.2, 0.25) is 0 Å². The number of benzene rings is 1. The maximum absolute atomic E-state index is 11.3. The third-order valence-electron chi connectivity index (χ3n) is 3.32. The van der Waals surface area contributed by atoms with Gasteiger partial charge in [0.1, 0.15) is 18.0 Å². The lowest BCUT2D eigenvalue weighted by atomic mass is 10.1. The van der Waals surface area contributed by atoms with Gasteiger partial charge in [-0.25, -0.2) is 9.97 Å². The summed E-state index contributed by atoms with van der Waals surface area (Å²) in [6, 6.07) is 9.19. The Morgan fingerprint density at radius 1 is 1.13 bits per heavy atom. The molecule has 6 heteroatoms. The van der Waals surface area contributed by atoms with Crippen molar-refractivity contribution in [1.29, 1.82) is 0 Å². The highest BCUT2D eigenvalue weighted by Crippen LogP contribution is 2.17. The number of carbonyl (C=O) groups is 1. The van der Waals surface area contributed by atoms with Gasteiger partial charge in [-0.15, -0.1) is 0 Å². The van der Waals surface area contributed by atoms with Gasteiger partial charge >= 0.3 is 0 Å². The monoisotopic (exact) mass is 313 g/mol. The van der Waals surface area contributed by atoms with E-state index in [1.165, 1.54) is 6.33 Å². The smallest absolute Gasteiger partial charge is 0.159 e. The Labute approximate surface area is 137 Å². The number of aromatic nitrogens is 2. The van der Waals surface area contributed by atoms with Crippen LogP contribution in [0.1, 0.15) is 23.7 Å². The van der Waals surface area contributed by atoms with Crippen molar-refractivity contribution in [1.82, 2.24) is 14.9 Å². The first-order chi connectivity index (χ1) is 11.0. The second kappa shape index (κ2) is 8.24. The number of ketones is 1. The van der Waals surface area contributed by atoms with Crippen LogP contribution in [-0.2, 0) is 0 Å².